The minimum absolute atomic E-state index is 0.0110. The molecular formula is C14H17N3O4. The van der Waals surface area contributed by atoms with Gasteiger partial charge in [-0.3, -0.25) is 4.79 Å². The number of carbonyl (C=O) groups is 1. The van der Waals surface area contributed by atoms with Crippen LogP contribution in [0.25, 0.3) is 10.8 Å². The Balaban J connectivity index is 2.60. The highest BCUT2D eigenvalue weighted by Crippen LogP contribution is 2.41. The maximum atomic E-state index is 11.3. The summed E-state index contributed by atoms with van der Waals surface area (Å²) in [6.45, 7) is -0.0110. The molecule has 0 aliphatic heterocycles. The number of nitrogens with zero attached hydrogens (tertiary/aromatic N) is 1. The van der Waals surface area contributed by atoms with Gasteiger partial charge in [-0.2, -0.15) is 0 Å². The molecule has 1 aromatic carbocycles. The van der Waals surface area contributed by atoms with E-state index in [-0.39, 0.29) is 6.54 Å². The predicted octanol–water partition coefficient (Wildman–Crippen LogP) is 1.42. The van der Waals surface area contributed by atoms with Crippen LogP contribution in [0.5, 0.6) is 11.5 Å². The molecule has 0 spiro atoms. The Labute approximate surface area is 122 Å². The Kier molecular flexibility index (Phi) is 4.32. The fraction of sp³-hybridized carbons (Fsp3) is 0.286. The Morgan fingerprint density at radius 3 is 2.71 bits per heavy atom. The van der Waals surface area contributed by atoms with Crippen molar-refractivity contribution in [1.29, 1.82) is 0 Å². The lowest BCUT2D eigenvalue weighted by Crippen LogP contribution is -2.16. The van der Waals surface area contributed by atoms with Gasteiger partial charge in [0.25, 0.3) is 0 Å². The maximum absolute atomic E-state index is 11.3. The van der Waals surface area contributed by atoms with Crippen LogP contribution in [-0.2, 0) is 9.53 Å². The highest BCUT2D eigenvalue weighted by Gasteiger charge is 2.16. The number of rotatable bonds is 5. The number of aromatic nitrogens is 1. The zero-order valence-electron chi connectivity index (χ0n) is 12.1. The number of anilines is 2. The quantitative estimate of drug-likeness (QED) is 0.635. The van der Waals surface area contributed by atoms with E-state index in [9.17, 15) is 4.79 Å². The average Bonchev–Trinajstić information content (AvgIpc) is 2.52. The van der Waals surface area contributed by atoms with E-state index >= 15 is 0 Å². The summed E-state index contributed by atoms with van der Waals surface area (Å²) in [7, 11) is 4.38. The molecule has 1 heterocycles. The first-order chi connectivity index (χ1) is 10.1. The number of fused-ring (bicyclic) bond motifs is 1. The van der Waals surface area contributed by atoms with Crippen molar-refractivity contribution < 1.29 is 19.0 Å². The second kappa shape index (κ2) is 6.17. The van der Waals surface area contributed by atoms with Gasteiger partial charge >= 0.3 is 5.97 Å². The fourth-order valence-corrected chi connectivity index (χ4v) is 2.06. The highest BCUT2D eigenvalue weighted by atomic mass is 16.5. The van der Waals surface area contributed by atoms with Gasteiger partial charge in [-0.25, -0.2) is 4.98 Å². The van der Waals surface area contributed by atoms with Crippen LogP contribution in [-0.4, -0.2) is 38.8 Å². The van der Waals surface area contributed by atoms with Crippen LogP contribution in [0.2, 0.25) is 0 Å². The summed E-state index contributed by atoms with van der Waals surface area (Å²) in [5, 5.41) is 4.33. The summed E-state index contributed by atoms with van der Waals surface area (Å²) in [6.07, 6.45) is 1.60. The summed E-state index contributed by atoms with van der Waals surface area (Å²) in [4.78, 5) is 15.5. The largest absolute Gasteiger partial charge is 0.493 e. The number of esters is 1. The van der Waals surface area contributed by atoms with E-state index in [1.807, 2.05) is 0 Å². The molecule has 7 nitrogen and oxygen atoms in total. The number of ether oxygens (including phenoxy) is 3. The van der Waals surface area contributed by atoms with Crippen LogP contribution < -0.4 is 20.5 Å². The molecule has 0 unspecified atom stereocenters. The van der Waals surface area contributed by atoms with Gasteiger partial charge < -0.3 is 25.3 Å². The minimum Gasteiger partial charge on any atom is -0.493 e. The van der Waals surface area contributed by atoms with Gasteiger partial charge in [-0.1, -0.05) is 0 Å². The number of nitrogens with two attached hydrogens (primary N) is 1. The third kappa shape index (κ3) is 2.76. The molecule has 0 bridgehead atoms. The molecule has 2 aromatic rings. The average molecular weight is 291 g/mol. The van der Waals surface area contributed by atoms with Crippen LogP contribution in [0.15, 0.2) is 18.3 Å². The van der Waals surface area contributed by atoms with E-state index in [4.69, 9.17) is 15.2 Å². The molecule has 0 atom stereocenters. The molecule has 112 valence electrons. The van der Waals surface area contributed by atoms with Gasteiger partial charge in [0, 0.05) is 23.3 Å². The Morgan fingerprint density at radius 2 is 2.10 bits per heavy atom. The number of hydrogen-bond donors (Lipinski definition) is 2. The lowest BCUT2D eigenvalue weighted by molar-refractivity contribution is -0.138. The fourth-order valence-electron chi connectivity index (χ4n) is 2.06. The molecule has 0 aliphatic carbocycles. The number of carbonyl (C=O) groups excluding carboxylic acids is 1. The van der Waals surface area contributed by atoms with E-state index in [2.05, 4.69) is 15.0 Å². The number of pyridine rings is 1. The lowest BCUT2D eigenvalue weighted by atomic mass is 10.1. The Morgan fingerprint density at radius 1 is 1.33 bits per heavy atom. The Bertz CT molecular complexity index is 673. The first-order valence-corrected chi connectivity index (χ1v) is 6.22. The van der Waals surface area contributed by atoms with E-state index in [1.54, 1.807) is 18.3 Å². The molecule has 0 amide bonds. The monoisotopic (exact) mass is 291 g/mol. The first-order valence-electron chi connectivity index (χ1n) is 6.22. The van der Waals surface area contributed by atoms with E-state index in [0.29, 0.717) is 28.4 Å². The van der Waals surface area contributed by atoms with Crippen LogP contribution in [0.3, 0.4) is 0 Å². The maximum Gasteiger partial charge on any atom is 0.325 e. The number of benzene rings is 1. The number of nitrogen functional groups attached to an aromatic ring is 1. The molecule has 2 rings (SSSR count). The van der Waals surface area contributed by atoms with E-state index in [0.717, 1.165) is 5.39 Å². The molecule has 0 saturated heterocycles. The number of hydrogen-bond acceptors (Lipinski definition) is 7. The van der Waals surface area contributed by atoms with Crippen LogP contribution in [0, 0.1) is 0 Å². The lowest BCUT2D eigenvalue weighted by Gasteiger charge is -2.15. The number of nitrogens with one attached hydrogen (secondary N) is 1. The summed E-state index contributed by atoms with van der Waals surface area (Å²) in [5.41, 5.74) is 6.56. The molecule has 0 saturated carbocycles. The molecule has 3 N–H and O–H groups in total. The van der Waals surface area contributed by atoms with Crippen molar-refractivity contribution in [3.05, 3.63) is 18.3 Å². The molecule has 1 aromatic heterocycles. The van der Waals surface area contributed by atoms with Crippen LogP contribution in [0.1, 0.15) is 0 Å². The van der Waals surface area contributed by atoms with Crippen LogP contribution >= 0.6 is 0 Å². The summed E-state index contributed by atoms with van der Waals surface area (Å²) >= 11 is 0. The molecular weight excluding hydrogens is 274 g/mol. The van der Waals surface area contributed by atoms with Gasteiger partial charge in [0.15, 0.2) is 11.5 Å². The minimum atomic E-state index is -0.399. The zero-order valence-corrected chi connectivity index (χ0v) is 12.1. The van der Waals surface area contributed by atoms with Gasteiger partial charge in [0.1, 0.15) is 12.4 Å². The van der Waals surface area contributed by atoms with Gasteiger partial charge in [0.05, 0.1) is 26.7 Å². The van der Waals surface area contributed by atoms with Gasteiger partial charge in [-0.15, -0.1) is 0 Å². The smallest absolute Gasteiger partial charge is 0.325 e. The van der Waals surface area contributed by atoms with Crippen LogP contribution in [0.4, 0.5) is 11.5 Å². The van der Waals surface area contributed by atoms with Gasteiger partial charge in [-0.05, 0) is 6.07 Å². The SMILES string of the molecule is COC(=O)CNc1nccc2c(N)cc(OC)c(OC)c12. The standard InChI is InChI=1S/C14H17N3O4/c1-19-10-6-9(15)8-4-5-16-14(12(8)13(10)21-3)17-7-11(18)20-2/h4-6H,7,15H2,1-3H3,(H,16,17). The molecule has 0 fully saturated rings. The molecule has 7 heteroatoms. The first kappa shape index (κ1) is 14.7. The van der Waals surface area contributed by atoms with Gasteiger partial charge in [0.2, 0.25) is 0 Å². The second-order valence-corrected chi connectivity index (χ2v) is 4.21. The van der Waals surface area contributed by atoms with Crippen molar-refractivity contribution >= 4 is 28.2 Å². The van der Waals surface area contributed by atoms with E-state index in [1.165, 1.54) is 21.3 Å². The van der Waals surface area contributed by atoms with E-state index < -0.39 is 5.97 Å². The molecule has 0 aliphatic rings. The summed E-state index contributed by atoms with van der Waals surface area (Å²) in [5.74, 6) is 1.07. The summed E-state index contributed by atoms with van der Waals surface area (Å²) < 4.78 is 15.3. The van der Waals surface area contributed by atoms with Crippen molar-refractivity contribution in [1.82, 2.24) is 4.98 Å². The van der Waals surface area contributed by atoms with Crippen molar-refractivity contribution in [2.24, 2.45) is 0 Å². The molecule has 21 heavy (non-hydrogen) atoms. The van der Waals surface area contributed by atoms with Crippen molar-refractivity contribution in [2.75, 3.05) is 38.9 Å². The normalized spacial score (nSPS) is 10.2. The van der Waals surface area contributed by atoms with Crippen molar-refractivity contribution in [3.63, 3.8) is 0 Å². The topological polar surface area (TPSA) is 95.7 Å². The zero-order chi connectivity index (χ0) is 15.4. The highest BCUT2D eigenvalue weighted by molar-refractivity contribution is 6.05. The number of methoxy groups -OCH3 is 3. The summed E-state index contributed by atoms with van der Waals surface area (Å²) in [6, 6.07) is 3.46. The third-order valence-corrected chi connectivity index (χ3v) is 3.05. The predicted molar refractivity (Wildman–Crippen MR) is 79.8 cm³/mol. The van der Waals surface area contributed by atoms with Crippen molar-refractivity contribution in [2.45, 2.75) is 0 Å². The third-order valence-electron chi connectivity index (χ3n) is 3.05. The van der Waals surface area contributed by atoms with Crippen molar-refractivity contribution in [3.8, 4) is 11.5 Å². The second-order valence-electron chi connectivity index (χ2n) is 4.21. The molecule has 0 radical (unpaired) electrons. The Hall–Kier alpha value is -2.70.